The Bertz CT molecular complexity index is 313. The highest BCUT2D eigenvalue weighted by Gasteiger charge is 2.12. The van der Waals surface area contributed by atoms with E-state index in [4.69, 9.17) is 16.3 Å². The highest BCUT2D eigenvalue weighted by Crippen LogP contribution is 2.29. The zero-order valence-corrected chi connectivity index (χ0v) is 8.10. The van der Waals surface area contributed by atoms with E-state index in [-0.39, 0.29) is 10.6 Å². The van der Waals surface area contributed by atoms with E-state index >= 15 is 0 Å². The third kappa shape index (κ3) is 2.11. The lowest BCUT2D eigenvalue weighted by Gasteiger charge is -2.09. The SMILES string of the molecule is COc1cc(C(C)O)c(F)cc1Cl. The number of hydrogen-bond acceptors (Lipinski definition) is 2. The van der Waals surface area contributed by atoms with E-state index in [0.29, 0.717) is 5.75 Å². The van der Waals surface area contributed by atoms with Gasteiger partial charge in [-0.1, -0.05) is 11.6 Å². The first-order chi connectivity index (χ1) is 6.06. The molecule has 4 heteroatoms. The number of hydrogen-bond donors (Lipinski definition) is 1. The molecule has 2 nitrogen and oxygen atoms in total. The first kappa shape index (κ1) is 10.3. The van der Waals surface area contributed by atoms with E-state index in [1.807, 2.05) is 0 Å². The molecule has 0 aromatic heterocycles. The normalized spacial score (nSPS) is 12.7. The molecule has 0 aliphatic heterocycles. The van der Waals surface area contributed by atoms with Gasteiger partial charge in [0, 0.05) is 5.56 Å². The van der Waals surface area contributed by atoms with Crippen LogP contribution in [0.2, 0.25) is 5.02 Å². The van der Waals surface area contributed by atoms with Gasteiger partial charge in [0.25, 0.3) is 0 Å². The zero-order valence-electron chi connectivity index (χ0n) is 7.34. The van der Waals surface area contributed by atoms with E-state index < -0.39 is 11.9 Å². The molecular formula is C9H10ClFO2. The highest BCUT2D eigenvalue weighted by molar-refractivity contribution is 6.32. The Hall–Kier alpha value is -0.800. The molecule has 1 rings (SSSR count). The molecule has 1 unspecified atom stereocenters. The minimum absolute atomic E-state index is 0.182. The Morgan fingerprint density at radius 2 is 2.15 bits per heavy atom. The quantitative estimate of drug-likeness (QED) is 0.802. The van der Waals surface area contributed by atoms with E-state index in [1.165, 1.54) is 20.1 Å². The Morgan fingerprint density at radius 3 is 2.62 bits per heavy atom. The summed E-state index contributed by atoms with van der Waals surface area (Å²) in [5.74, 6) is -0.167. The molecule has 72 valence electrons. The second kappa shape index (κ2) is 3.94. The number of rotatable bonds is 2. The molecule has 0 aliphatic carbocycles. The number of benzene rings is 1. The van der Waals surface area contributed by atoms with Gasteiger partial charge in [0.15, 0.2) is 0 Å². The summed E-state index contributed by atoms with van der Waals surface area (Å²) in [6.07, 6.45) is -0.869. The van der Waals surface area contributed by atoms with Crippen LogP contribution in [0.4, 0.5) is 4.39 Å². The third-order valence-electron chi connectivity index (χ3n) is 1.72. The first-order valence-electron chi connectivity index (χ1n) is 3.77. The molecule has 0 spiro atoms. The summed E-state index contributed by atoms with van der Waals surface area (Å²) in [6, 6.07) is 2.52. The minimum atomic E-state index is -0.869. The van der Waals surface area contributed by atoms with E-state index in [1.54, 1.807) is 0 Å². The lowest BCUT2D eigenvalue weighted by molar-refractivity contribution is 0.193. The molecular weight excluding hydrogens is 195 g/mol. The molecule has 13 heavy (non-hydrogen) atoms. The fraction of sp³-hybridized carbons (Fsp3) is 0.333. The number of aliphatic hydroxyl groups excluding tert-OH is 1. The van der Waals surface area contributed by atoms with Gasteiger partial charge >= 0.3 is 0 Å². The summed E-state index contributed by atoms with van der Waals surface area (Å²) < 4.78 is 18.0. The average Bonchev–Trinajstić information content (AvgIpc) is 2.03. The molecule has 0 aliphatic rings. The first-order valence-corrected chi connectivity index (χ1v) is 4.15. The smallest absolute Gasteiger partial charge is 0.138 e. The molecule has 0 radical (unpaired) electrons. The van der Waals surface area contributed by atoms with Gasteiger partial charge in [0.1, 0.15) is 11.6 Å². The maximum atomic E-state index is 13.1. The second-order valence-corrected chi connectivity index (χ2v) is 3.09. The average molecular weight is 205 g/mol. The minimum Gasteiger partial charge on any atom is -0.495 e. The fourth-order valence-electron chi connectivity index (χ4n) is 1.02. The standard InChI is InChI=1S/C9H10ClFO2/c1-5(12)6-3-9(13-2)7(10)4-8(6)11/h3-5,12H,1-2H3. The zero-order chi connectivity index (χ0) is 10.0. The topological polar surface area (TPSA) is 29.5 Å². The predicted octanol–water partition coefficient (Wildman–Crippen LogP) is 2.54. The van der Waals surface area contributed by atoms with Crippen molar-refractivity contribution in [3.8, 4) is 5.75 Å². The molecule has 0 bridgehead atoms. The van der Waals surface area contributed by atoms with Gasteiger partial charge < -0.3 is 9.84 Å². The summed E-state index contributed by atoms with van der Waals surface area (Å²) >= 11 is 5.66. The van der Waals surface area contributed by atoms with Crippen molar-refractivity contribution in [1.82, 2.24) is 0 Å². The van der Waals surface area contributed by atoms with Gasteiger partial charge in [-0.15, -0.1) is 0 Å². The van der Waals surface area contributed by atoms with E-state index in [2.05, 4.69) is 0 Å². The molecule has 1 atom stereocenters. The van der Waals surface area contributed by atoms with Gasteiger partial charge in [-0.3, -0.25) is 0 Å². The summed E-state index contributed by atoms with van der Waals surface area (Å²) in [7, 11) is 1.44. The second-order valence-electron chi connectivity index (χ2n) is 2.68. The van der Waals surface area contributed by atoms with Crippen LogP contribution in [0.1, 0.15) is 18.6 Å². The van der Waals surface area contributed by atoms with Crippen molar-refractivity contribution in [2.45, 2.75) is 13.0 Å². The van der Waals surface area contributed by atoms with Gasteiger partial charge in [-0.05, 0) is 19.1 Å². The van der Waals surface area contributed by atoms with E-state index in [9.17, 15) is 9.50 Å². The lowest BCUT2D eigenvalue weighted by Crippen LogP contribution is -1.97. The largest absolute Gasteiger partial charge is 0.495 e. The summed E-state index contributed by atoms with van der Waals surface area (Å²) in [4.78, 5) is 0. The molecule has 1 aromatic carbocycles. The van der Waals surface area contributed by atoms with Crippen LogP contribution in [-0.4, -0.2) is 12.2 Å². The van der Waals surface area contributed by atoms with Crippen LogP contribution >= 0.6 is 11.6 Å². The van der Waals surface area contributed by atoms with Gasteiger partial charge in [0.2, 0.25) is 0 Å². The van der Waals surface area contributed by atoms with Gasteiger partial charge in [-0.2, -0.15) is 0 Å². The summed E-state index contributed by atoms with van der Waals surface area (Å²) in [5.41, 5.74) is 0.182. The van der Waals surface area contributed by atoms with Crippen LogP contribution in [0.5, 0.6) is 5.75 Å². The van der Waals surface area contributed by atoms with Crippen molar-refractivity contribution in [3.05, 3.63) is 28.5 Å². The van der Waals surface area contributed by atoms with Crippen molar-refractivity contribution < 1.29 is 14.2 Å². The van der Waals surface area contributed by atoms with Crippen LogP contribution in [0.3, 0.4) is 0 Å². The van der Waals surface area contributed by atoms with Crippen LogP contribution in [0, 0.1) is 5.82 Å². The van der Waals surface area contributed by atoms with Crippen molar-refractivity contribution in [2.24, 2.45) is 0 Å². The monoisotopic (exact) mass is 204 g/mol. The Balaban J connectivity index is 3.22. The van der Waals surface area contributed by atoms with Crippen molar-refractivity contribution in [1.29, 1.82) is 0 Å². The van der Waals surface area contributed by atoms with Crippen LogP contribution in [-0.2, 0) is 0 Å². The maximum Gasteiger partial charge on any atom is 0.138 e. The van der Waals surface area contributed by atoms with E-state index in [0.717, 1.165) is 6.07 Å². The molecule has 0 heterocycles. The maximum absolute atomic E-state index is 13.1. The van der Waals surface area contributed by atoms with Crippen LogP contribution in [0.15, 0.2) is 12.1 Å². The van der Waals surface area contributed by atoms with Crippen molar-refractivity contribution in [2.75, 3.05) is 7.11 Å². The molecule has 1 N–H and O–H groups in total. The summed E-state index contributed by atoms with van der Waals surface area (Å²) in [6.45, 7) is 1.48. The Labute approximate surface area is 80.9 Å². The van der Waals surface area contributed by atoms with Gasteiger partial charge in [-0.25, -0.2) is 4.39 Å². The third-order valence-corrected chi connectivity index (χ3v) is 2.02. The number of methoxy groups -OCH3 is 1. The predicted molar refractivity (Wildman–Crippen MR) is 48.6 cm³/mol. The Kier molecular flexibility index (Phi) is 3.12. The summed E-state index contributed by atoms with van der Waals surface area (Å²) in [5, 5.41) is 9.38. The van der Waals surface area contributed by atoms with Crippen LogP contribution in [0.25, 0.3) is 0 Å². The molecule has 0 saturated heterocycles. The lowest BCUT2D eigenvalue weighted by atomic mass is 10.1. The molecule has 0 fully saturated rings. The highest BCUT2D eigenvalue weighted by atomic mass is 35.5. The molecule has 0 saturated carbocycles. The molecule has 1 aromatic rings. The molecule has 0 amide bonds. The van der Waals surface area contributed by atoms with Crippen molar-refractivity contribution in [3.63, 3.8) is 0 Å². The van der Waals surface area contributed by atoms with Gasteiger partial charge in [0.05, 0.1) is 18.2 Å². The number of aliphatic hydroxyl groups is 1. The number of halogens is 2. The fourth-order valence-corrected chi connectivity index (χ4v) is 1.25. The van der Waals surface area contributed by atoms with Crippen LogP contribution < -0.4 is 4.74 Å². The number of ether oxygens (including phenoxy) is 1. The Morgan fingerprint density at radius 1 is 1.54 bits per heavy atom. The van der Waals surface area contributed by atoms with Crippen molar-refractivity contribution >= 4 is 11.6 Å².